The molecule has 0 bridgehead atoms. The van der Waals surface area contributed by atoms with Crippen molar-refractivity contribution in [3.05, 3.63) is 70.1 Å². The lowest BCUT2D eigenvalue weighted by Crippen LogP contribution is -2.01. The number of para-hydroxylation sites is 1. The molecule has 3 aromatic rings. The highest BCUT2D eigenvalue weighted by atomic mass is 79.9. The van der Waals surface area contributed by atoms with Crippen LogP contribution in [0, 0.1) is 5.82 Å². The Bertz CT molecular complexity index is 718. The van der Waals surface area contributed by atoms with Crippen LogP contribution in [0.15, 0.2) is 57.4 Å². The zero-order valence-corrected chi connectivity index (χ0v) is 12.1. The Kier molecular flexibility index (Phi) is 3.59. The van der Waals surface area contributed by atoms with Crippen molar-refractivity contribution >= 4 is 26.9 Å². The van der Waals surface area contributed by atoms with E-state index in [0.717, 1.165) is 11.0 Å². The van der Waals surface area contributed by atoms with Gasteiger partial charge in [-0.05, 0) is 39.7 Å². The van der Waals surface area contributed by atoms with Crippen molar-refractivity contribution in [2.24, 2.45) is 0 Å². The van der Waals surface area contributed by atoms with Gasteiger partial charge in [0.2, 0.25) is 0 Å². The molecule has 1 aromatic heterocycles. The van der Waals surface area contributed by atoms with Crippen LogP contribution in [0.25, 0.3) is 11.0 Å². The van der Waals surface area contributed by atoms with E-state index in [1.165, 1.54) is 6.07 Å². The molecule has 1 unspecified atom stereocenters. The predicted molar refractivity (Wildman–Crippen MR) is 79.0 cm³/mol. The monoisotopic (exact) mass is 334 g/mol. The molecular formula is C16H12BrFO2. The minimum absolute atomic E-state index is 0.290. The van der Waals surface area contributed by atoms with Crippen LogP contribution in [0.2, 0.25) is 0 Å². The van der Waals surface area contributed by atoms with E-state index in [1.54, 1.807) is 12.1 Å². The summed E-state index contributed by atoms with van der Waals surface area (Å²) in [5.41, 5.74) is 1.44. The Labute approximate surface area is 124 Å². The van der Waals surface area contributed by atoms with Crippen LogP contribution in [0.4, 0.5) is 4.39 Å². The summed E-state index contributed by atoms with van der Waals surface area (Å²) in [5, 5.41) is 11.2. The minimum Gasteiger partial charge on any atom is -0.458 e. The molecule has 3 rings (SSSR count). The second-order valence-corrected chi connectivity index (χ2v) is 5.41. The first kappa shape index (κ1) is 13.3. The van der Waals surface area contributed by atoms with E-state index in [2.05, 4.69) is 15.9 Å². The molecule has 0 radical (unpaired) electrons. The van der Waals surface area contributed by atoms with Gasteiger partial charge in [-0.2, -0.15) is 0 Å². The molecule has 0 aliphatic rings. The Balaban J connectivity index is 1.89. The van der Waals surface area contributed by atoms with Crippen molar-refractivity contribution < 1.29 is 13.9 Å². The summed E-state index contributed by atoms with van der Waals surface area (Å²) in [6.07, 6.45) is -0.515. The summed E-state index contributed by atoms with van der Waals surface area (Å²) < 4.78 is 19.4. The molecule has 0 fully saturated rings. The fourth-order valence-corrected chi connectivity index (χ4v) is 2.61. The normalized spacial score (nSPS) is 12.8. The van der Waals surface area contributed by atoms with Crippen molar-refractivity contribution in [1.29, 1.82) is 0 Å². The SMILES string of the molecule is OC(Cc1cccc(F)c1Br)c1cc2ccccc2o1. The molecule has 1 heterocycles. The van der Waals surface area contributed by atoms with Crippen molar-refractivity contribution in [2.75, 3.05) is 0 Å². The van der Waals surface area contributed by atoms with Gasteiger partial charge in [-0.1, -0.05) is 30.3 Å². The van der Waals surface area contributed by atoms with Crippen LogP contribution in [0.5, 0.6) is 0 Å². The Morgan fingerprint density at radius 1 is 1.15 bits per heavy atom. The lowest BCUT2D eigenvalue weighted by molar-refractivity contribution is 0.152. The Morgan fingerprint density at radius 2 is 1.95 bits per heavy atom. The lowest BCUT2D eigenvalue weighted by Gasteiger charge is -2.09. The molecule has 0 aliphatic heterocycles. The van der Waals surface area contributed by atoms with Gasteiger partial charge in [0.25, 0.3) is 0 Å². The number of aliphatic hydroxyl groups excluding tert-OH is 1. The molecule has 0 amide bonds. The highest BCUT2D eigenvalue weighted by Crippen LogP contribution is 2.29. The molecule has 0 saturated carbocycles. The number of rotatable bonds is 3. The Morgan fingerprint density at radius 3 is 2.75 bits per heavy atom. The molecule has 0 aliphatic carbocycles. The van der Waals surface area contributed by atoms with E-state index in [0.29, 0.717) is 15.8 Å². The molecule has 4 heteroatoms. The van der Waals surface area contributed by atoms with E-state index < -0.39 is 6.10 Å². The van der Waals surface area contributed by atoms with Gasteiger partial charge in [0.15, 0.2) is 0 Å². The second-order valence-electron chi connectivity index (χ2n) is 4.62. The maximum atomic E-state index is 13.4. The third kappa shape index (κ3) is 2.49. The first-order valence-corrected chi connectivity index (χ1v) is 7.04. The van der Waals surface area contributed by atoms with E-state index >= 15 is 0 Å². The summed E-state index contributed by atoms with van der Waals surface area (Å²) in [4.78, 5) is 0. The van der Waals surface area contributed by atoms with Crippen molar-refractivity contribution in [1.82, 2.24) is 0 Å². The average molecular weight is 335 g/mol. The third-order valence-electron chi connectivity index (χ3n) is 3.22. The van der Waals surface area contributed by atoms with Crippen molar-refractivity contribution in [2.45, 2.75) is 12.5 Å². The molecule has 0 spiro atoms. The number of hydrogen-bond donors (Lipinski definition) is 1. The second kappa shape index (κ2) is 5.38. The van der Waals surface area contributed by atoms with Gasteiger partial charge in [0.1, 0.15) is 23.3 Å². The molecule has 1 atom stereocenters. The van der Waals surface area contributed by atoms with E-state index in [-0.39, 0.29) is 12.2 Å². The van der Waals surface area contributed by atoms with Gasteiger partial charge >= 0.3 is 0 Å². The van der Waals surface area contributed by atoms with Crippen LogP contribution in [0.1, 0.15) is 17.4 Å². The van der Waals surface area contributed by atoms with Crippen LogP contribution in [0.3, 0.4) is 0 Å². The molecule has 2 aromatic carbocycles. The van der Waals surface area contributed by atoms with Crippen LogP contribution in [-0.4, -0.2) is 5.11 Å². The van der Waals surface area contributed by atoms with E-state index in [1.807, 2.05) is 30.3 Å². The van der Waals surface area contributed by atoms with E-state index in [4.69, 9.17) is 4.42 Å². The highest BCUT2D eigenvalue weighted by molar-refractivity contribution is 9.10. The maximum Gasteiger partial charge on any atom is 0.137 e. The number of benzene rings is 2. The van der Waals surface area contributed by atoms with Crippen LogP contribution >= 0.6 is 15.9 Å². The van der Waals surface area contributed by atoms with Gasteiger partial charge in [-0.25, -0.2) is 4.39 Å². The van der Waals surface area contributed by atoms with Crippen LogP contribution < -0.4 is 0 Å². The lowest BCUT2D eigenvalue weighted by atomic mass is 10.1. The minimum atomic E-state index is -0.805. The van der Waals surface area contributed by atoms with Crippen LogP contribution in [-0.2, 0) is 6.42 Å². The number of aliphatic hydroxyl groups is 1. The van der Waals surface area contributed by atoms with Gasteiger partial charge < -0.3 is 9.52 Å². The predicted octanol–water partition coefficient (Wildman–Crippen LogP) is 4.61. The van der Waals surface area contributed by atoms with Crippen molar-refractivity contribution in [3.63, 3.8) is 0 Å². The van der Waals surface area contributed by atoms with E-state index in [9.17, 15) is 9.50 Å². The van der Waals surface area contributed by atoms with Gasteiger partial charge in [0.05, 0.1) is 4.47 Å². The summed E-state index contributed by atoms with van der Waals surface area (Å²) in [5.74, 6) is 0.154. The number of halogens is 2. The third-order valence-corrected chi connectivity index (χ3v) is 4.11. The quantitative estimate of drug-likeness (QED) is 0.758. The zero-order chi connectivity index (χ0) is 14.1. The first-order valence-electron chi connectivity index (χ1n) is 6.24. The highest BCUT2D eigenvalue weighted by Gasteiger charge is 2.16. The fraction of sp³-hybridized carbons (Fsp3) is 0.125. The van der Waals surface area contributed by atoms with Gasteiger partial charge in [-0.3, -0.25) is 0 Å². The summed E-state index contributed by atoms with van der Waals surface area (Å²) in [7, 11) is 0. The largest absolute Gasteiger partial charge is 0.458 e. The summed E-state index contributed by atoms with van der Waals surface area (Å²) >= 11 is 3.20. The molecule has 1 N–H and O–H groups in total. The maximum absolute atomic E-state index is 13.4. The molecule has 2 nitrogen and oxygen atoms in total. The molecule has 0 saturated heterocycles. The number of fused-ring (bicyclic) bond motifs is 1. The molecule has 20 heavy (non-hydrogen) atoms. The van der Waals surface area contributed by atoms with Gasteiger partial charge in [0, 0.05) is 11.8 Å². The zero-order valence-electron chi connectivity index (χ0n) is 10.5. The molecular weight excluding hydrogens is 323 g/mol. The standard InChI is InChI=1S/C16H12BrFO2/c17-16-11(5-3-6-12(16)18)8-13(19)15-9-10-4-1-2-7-14(10)20-15/h1-7,9,13,19H,8H2. The fourth-order valence-electron chi connectivity index (χ4n) is 2.18. The first-order chi connectivity index (χ1) is 9.65. The van der Waals surface area contributed by atoms with Crippen molar-refractivity contribution in [3.8, 4) is 0 Å². The smallest absolute Gasteiger partial charge is 0.137 e. The molecule has 102 valence electrons. The topological polar surface area (TPSA) is 33.4 Å². The Hall–Kier alpha value is -1.65. The number of hydrogen-bond acceptors (Lipinski definition) is 2. The average Bonchev–Trinajstić information content (AvgIpc) is 2.88. The van der Waals surface area contributed by atoms with Gasteiger partial charge in [-0.15, -0.1) is 0 Å². The summed E-state index contributed by atoms with van der Waals surface area (Å²) in [6.45, 7) is 0. The summed E-state index contributed by atoms with van der Waals surface area (Å²) in [6, 6.07) is 14.2. The number of furan rings is 1.